The van der Waals surface area contributed by atoms with E-state index in [1.807, 2.05) is 0 Å². The molecule has 0 nitrogen and oxygen atoms in total. The van der Waals surface area contributed by atoms with E-state index >= 15 is 0 Å². The Morgan fingerprint density at radius 3 is 1.53 bits per heavy atom. The van der Waals surface area contributed by atoms with E-state index in [4.69, 9.17) is 11.6 Å². The molecule has 2 aliphatic carbocycles. The molecule has 0 N–H and O–H groups in total. The molecule has 7 rings (SSSR count). The van der Waals surface area contributed by atoms with E-state index in [0.29, 0.717) is 3.63 Å². The summed E-state index contributed by atoms with van der Waals surface area (Å²) in [4.78, 5) is 0. The molecule has 286 valence electrons. The average Bonchev–Trinajstić information content (AvgIpc) is 3.71. The van der Waals surface area contributed by atoms with Crippen LogP contribution in [0.1, 0.15) is 138 Å². The first-order chi connectivity index (χ1) is 24.7. The molecule has 0 saturated heterocycles. The predicted molar refractivity (Wildman–Crippen MR) is 229 cm³/mol. The summed E-state index contributed by atoms with van der Waals surface area (Å²) in [5, 5.41) is 3.41. The largest absolute Gasteiger partial charge is 1.00 e. The standard InChI is InChI=1S/C29H41.C17H11Cl.C5H5.2ClH.Zr/c1-26(2,3)22-14-18-13-19-15-23(27(4,5)6)25(29(10,11)12)17-21(19)20(18)16-24(22)28(7,8)9;18-16-10-8-13(9-11-16)12-15-6-3-5-14-4-1-2-7-17(14)15;1-2-4-5-3-1;;;/h13-17H,1-12H3;1-11H;1-3H,4H2;2*1H;/q;;;;;+2/p-2. The van der Waals surface area contributed by atoms with Crippen molar-refractivity contribution in [2.75, 3.05) is 0 Å². The molecule has 2 aliphatic rings. The van der Waals surface area contributed by atoms with Crippen LogP contribution in [0.25, 0.3) is 21.9 Å². The molecule has 55 heavy (non-hydrogen) atoms. The van der Waals surface area contributed by atoms with Gasteiger partial charge in [0.2, 0.25) is 0 Å². The van der Waals surface area contributed by atoms with Crippen molar-refractivity contribution >= 4 is 25.6 Å². The third-order valence-corrected chi connectivity index (χ3v) is 19.9. The van der Waals surface area contributed by atoms with Crippen LogP contribution in [0.5, 0.6) is 0 Å². The first-order valence-corrected chi connectivity index (χ1v) is 23.7. The second-order valence-corrected chi connectivity index (χ2v) is 26.2. The number of benzene rings is 5. The van der Waals surface area contributed by atoms with Crippen molar-refractivity contribution in [1.82, 2.24) is 0 Å². The number of fused-ring (bicyclic) bond motifs is 4. The van der Waals surface area contributed by atoms with Crippen molar-refractivity contribution in [3.63, 3.8) is 0 Å². The summed E-state index contributed by atoms with van der Waals surface area (Å²) in [7, 11) is 0. The Morgan fingerprint density at radius 1 is 0.582 bits per heavy atom. The van der Waals surface area contributed by atoms with Gasteiger partial charge in [-0.1, -0.05) is 0 Å². The van der Waals surface area contributed by atoms with Gasteiger partial charge in [-0.15, -0.1) is 0 Å². The van der Waals surface area contributed by atoms with Gasteiger partial charge in [-0.05, 0) is 0 Å². The zero-order chi connectivity index (χ0) is 38.2. The number of halogens is 3. The minimum Gasteiger partial charge on any atom is -1.00 e. The van der Waals surface area contributed by atoms with Crippen LogP contribution in [-0.4, -0.2) is 3.21 Å². The second-order valence-electron chi connectivity index (χ2n) is 19.5. The Bertz CT molecular complexity index is 2260. The van der Waals surface area contributed by atoms with Gasteiger partial charge in [0.05, 0.1) is 0 Å². The Labute approximate surface area is 356 Å². The summed E-state index contributed by atoms with van der Waals surface area (Å²) in [6.45, 7) is 28.8. The third kappa shape index (κ3) is 8.26. The van der Waals surface area contributed by atoms with Crippen LogP contribution in [-0.2, 0) is 42.9 Å². The zero-order valence-corrected chi connectivity index (χ0v) is 39.5. The molecule has 0 bridgehead atoms. The quantitative estimate of drug-likeness (QED) is 0.170. The number of allylic oxidation sites excluding steroid dienone is 4. The van der Waals surface area contributed by atoms with Gasteiger partial charge in [0.15, 0.2) is 0 Å². The summed E-state index contributed by atoms with van der Waals surface area (Å²) in [5.74, 6) is 0. The summed E-state index contributed by atoms with van der Waals surface area (Å²) < 4.78 is 3.53. The van der Waals surface area contributed by atoms with Crippen LogP contribution in [0.2, 0.25) is 5.02 Å². The van der Waals surface area contributed by atoms with Gasteiger partial charge in [-0.3, -0.25) is 0 Å². The van der Waals surface area contributed by atoms with Gasteiger partial charge in [0, 0.05) is 0 Å². The van der Waals surface area contributed by atoms with Crippen molar-refractivity contribution in [1.29, 1.82) is 0 Å². The molecule has 0 radical (unpaired) electrons. The molecule has 5 aromatic rings. The molecule has 4 heteroatoms. The van der Waals surface area contributed by atoms with E-state index in [2.05, 4.69) is 192 Å². The van der Waals surface area contributed by atoms with Crippen molar-refractivity contribution in [3.05, 3.63) is 162 Å². The molecule has 0 atom stereocenters. The van der Waals surface area contributed by atoms with Crippen LogP contribution in [0.15, 0.2) is 113 Å². The van der Waals surface area contributed by atoms with E-state index < -0.39 is 21.3 Å². The molecule has 0 fully saturated rings. The van der Waals surface area contributed by atoms with E-state index in [-0.39, 0.29) is 46.5 Å². The summed E-state index contributed by atoms with van der Waals surface area (Å²) >= 11 is 3.63. The fourth-order valence-electron chi connectivity index (χ4n) is 8.79. The molecule has 0 unspecified atom stereocenters. The normalized spacial score (nSPS) is 14.6. The molecule has 0 saturated carbocycles. The Balaban J connectivity index is 0.00000290. The number of hydrogen-bond acceptors (Lipinski definition) is 0. The molecule has 5 aromatic carbocycles. The second kappa shape index (κ2) is 15.7. The molecule has 0 aromatic heterocycles. The SMILES string of the molecule is CC(C)(C)c1cc2c(cc1C(C)(C)C)[CH](/[Zr+2]([C]1=CC=CC1)=[C](/c1ccc(Cl)cc1)c1cccc3ccccc13)c1cc(C(C)(C)C)c(C(C)(C)C)cc1-2.[Cl-].[Cl-]. The van der Waals surface area contributed by atoms with Gasteiger partial charge < -0.3 is 24.8 Å². The smallest absolute Gasteiger partial charge is 1.00 e. The predicted octanol–water partition coefficient (Wildman–Crippen LogP) is 8.49. The minimum atomic E-state index is -3.00. The van der Waals surface area contributed by atoms with Crippen LogP contribution in [0.3, 0.4) is 0 Å². The van der Waals surface area contributed by atoms with Crippen LogP contribution in [0.4, 0.5) is 0 Å². The first-order valence-electron chi connectivity index (χ1n) is 19.5. The molecule has 0 spiro atoms. The average molecular weight is 868 g/mol. The Kier molecular flexibility index (Phi) is 12.4. The molecular formula is C51H57Cl3Zr. The fourth-order valence-corrected chi connectivity index (χ4v) is 18.0. The van der Waals surface area contributed by atoms with Crippen LogP contribution < -0.4 is 24.8 Å². The number of hydrogen-bond donors (Lipinski definition) is 0. The Hall–Kier alpha value is -2.54. The monoisotopic (exact) mass is 864 g/mol. The van der Waals surface area contributed by atoms with Gasteiger partial charge in [-0.2, -0.15) is 0 Å². The van der Waals surface area contributed by atoms with Crippen LogP contribution >= 0.6 is 11.6 Å². The zero-order valence-electron chi connectivity index (χ0n) is 34.8. The van der Waals surface area contributed by atoms with Crippen molar-refractivity contribution in [2.24, 2.45) is 0 Å². The maximum absolute atomic E-state index is 6.63. The Morgan fingerprint density at radius 2 is 1.05 bits per heavy atom. The van der Waals surface area contributed by atoms with E-state index in [9.17, 15) is 0 Å². The van der Waals surface area contributed by atoms with E-state index in [1.54, 1.807) is 6.49 Å². The third-order valence-electron chi connectivity index (χ3n) is 11.4. The summed E-state index contributed by atoms with van der Waals surface area (Å²) in [6, 6.07) is 35.3. The molecule has 0 amide bonds. The first kappa shape index (κ1) is 43.6. The van der Waals surface area contributed by atoms with Crippen molar-refractivity contribution < 1.29 is 46.1 Å². The summed E-state index contributed by atoms with van der Waals surface area (Å²) in [6.07, 6.45) is 8.23. The van der Waals surface area contributed by atoms with Gasteiger partial charge >= 0.3 is 335 Å². The summed E-state index contributed by atoms with van der Waals surface area (Å²) in [5.41, 5.74) is 14.6. The van der Waals surface area contributed by atoms with Crippen molar-refractivity contribution in [2.45, 2.75) is 115 Å². The van der Waals surface area contributed by atoms with Gasteiger partial charge in [0.1, 0.15) is 0 Å². The van der Waals surface area contributed by atoms with Gasteiger partial charge in [-0.25, -0.2) is 0 Å². The van der Waals surface area contributed by atoms with Crippen molar-refractivity contribution in [3.8, 4) is 11.1 Å². The minimum absolute atomic E-state index is 0. The fraction of sp³-hybridized carbons (Fsp3) is 0.353. The maximum atomic E-state index is 6.63. The molecule has 0 heterocycles. The van der Waals surface area contributed by atoms with Crippen LogP contribution in [0, 0.1) is 0 Å². The molecular weight excluding hydrogens is 810 g/mol. The maximum Gasteiger partial charge on any atom is -1.00 e. The van der Waals surface area contributed by atoms with E-state index in [1.165, 1.54) is 66.4 Å². The van der Waals surface area contributed by atoms with E-state index in [0.717, 1.165) is 11.4 Å². The number of rotatable bonds is 4. The topological polar surface area (TPSA) is 0 Å². The van der Waals surface area contributed by atoms with Gasteiger partial charge in [0.25, 0.3) is 0 Å². The molecule has 0 aliphatic heterocycles.